The standard InChI is InChI=1S/C12H8BrCl/c13-11-3-1-2-10(8-11)9-4-6-12(14)7-5-9/h1-8H. The Morgan fingerprint density at radius 1 is 0.857 bits per heavy atom. The fourth-order valence-corrected chi connectivity index (χ4v) is 1.84. The van der Waals surface area contributed by atoms with E-state index in [1.807, 2.05) is 36.4 Å². The molecular weight excluding hydrogens is 259 g/mol. The Morgan fingerprint density at radius 2 is 1.57 bits per heavy atom. The van der Waals surface area contributed by atoms with E-state index in [-0.39, 0.29) is 0 Å². The van der Waals surface area contributed by atoms with E-state index in [4.69, 9.17) is 11.6 Å². The molecule has 0 spiro atoms. The molecule has 0 atom stereocenters. The smallest absolute Gasteiger partial charge is 0.0406 e. The number of benzene rings is 2. The highest BCUT2D eigenvalue weighted by atomic mass is 79.9. The number of halogens is 2. The van der Waals surface area contributed by atoms with Crippen LogP contribution in [0.5, 0.6) is 0 Å². The van der Waals surface area contributed by atoms with Crippen LogP contribution in [0.3, 0.4) is 0 Å². The summed E-state index contributed by atoms with van der Waals surface area (Å²) in [5, 5.41) is 0.767. The fourth-order valence-electron chi connectivity index (χ4n) is 1.31. The zero-order valence-corrected chi connectivity index (χ0v) is 9.72. The van der Waals surface area contributed by atoms with Crippen LogP contribution in [0.25, 0.3) is 11.1 Å². The molecule has 2 aromatic rings. The maximum Gasteiger partial charge on any atom is 0.0406 e. The normalized spacial score (nSPS) is 10.1. The van der Waals surface area contributed by atoms with Crippen LogP contribution in [-0.2, 0) is 0 Å². The lowest BCUT2D eigenvalue weighted by Gasteiger charge is -2.01. The third-order valence-electron chi connectivity index (χ3n) is 2.00. The molecule has 0 aliphatic heterocycles. The molecule has 0 aromatic heterocycles. The number of hydrogen-bond donors (Lipinski definition) is 0. The van der Waals surface area contributed by atoms with Crippen molar-refractivity contribution < 1.29 is 0 Å². The van der Waals surface area contributed by atoms with Crippen molar-refractivity contribution in [2.45, 2.75) is 0 Å². The van der Waals surface area contributed by atoms with Gasteiger partial charge in [-0.25, -0.2) is 0 Å². The first-order chi connectivity index (χ1) is 6.75. The molecule has 0 bridgehead atoms. The van der Waals surface area contributed by atoms with Gasteiger partial charge in [0, 0.05) is 9.50 Å². The van der Waals surface area contributed by atoms with Crippen LogP contribution in [0.1, 0.15) is 0 Å². The molecule has 0 unspecified atom stereocenters. The van der Waals surface area contributed by atoms with Crippen molar-refractivity contribution in [1.82, 2.24) is 0 Å². The lowest BCUT2D eigenvalue weighted by atomic mass is 10.1. The predicted octanol–water partition coefficient (Wildman–Crippen LogP) is 4.77. The first kappa shape index (κ1) is 9.75. The van der Waals surface area contributed by atoms with E-state index in [0.29, 0.717) is 0 Å². The predicted molar refractivity (Wildman–Crippen MR) is 64.6 cm³/mol. The second-order valence-corrected chi connectivity index (χ2v) is 4.37. The van der Waals surface area contributed by atoms with Crippen molar-refractivity contribution >= 4 is 27.5 Å². The average molecular weight is 268 g/mol. The number of hydrogen-bond acceptors (Lipinski definition) is 0. The molecule has 2 heteroatoms. The summed E-state index contributed by atoms with van der Waals surface area (Å²) in [4.78, 5) is 0. The van der Waals surface area contributed by atoms with Gasteiger partial charge in [0.25, 0.3) is 0 Å². The highest BCUT2D eigenvalue weighted by Crippen LogP contribution is 2.24. The summed E-state index contributed by atoms with van der Waals surface area (Å²) in [6.07, 6.45) is 0. The molecule has 14 heavy (non-hydrogen) atoms. The van der Waals surface area contributed by atoms with Crippen LogP contribution in [0, 0.1) is 0 Å². The topological polar surface area (TPSA) is 0 Å². The quantitative estimate of drug-likeness (QED) is 0.698. The molecule has 0 aliphatic carbocycles. The minimum absolute atomic E-state index is 0.767. The second-order valence-electron chi connectivity index (χ2n) is 3.02. The molecule has 0 amide bonds. The molecule has 0 radical (unpaired) electrons. The summed E-state index contributed by atoms with van der Waals surface area (Å²) in [6.45, 7) is 0. The Bertz CT molecular complexity index is 434. The molecule has 0 heterocycles. The van der Waals surface area contributed by atoms with Crippen LogP contribution in [0.4, 0.5) is 0 Å². The van der Waals surface area contributed by atoms with Gasteiger partial charge in [-0.1, -0.05) is 51.8 Å². The van der Waals surface area contributed by atoms with Gasteiger partial charge in [-0.05, 0) is 35.4 Å². The molecular formula is C12H8BrCl. The zero-order chi connectivity index (χ0) is 9.97. The molecule has 2 rings (SSSR count). The molecule has 0 saturated carbocycles. The maximum absolute atomic E-state index is 5.82. The molecule has 0 fully saturated rings. The highest BCUT2D eigenvalue weighted by Gasteiger charge is 1.97. The van der Waals surface area contributed by atoms with E-state index in [0.717, 1.165) is 9.50 Å². The van der Waals surface area contributed by atoms with E-state index < -0.39 is 0 Å². The van der Waals surface area contributed by atoms with Crippen molar-refractivity contribution in [1.29, 1.82) is 0 Å². The molecule has 2 aromatic carbocycles. The van der Waals surface area contributed by atoms with Gasteiger partial charge in [-0.15, -0.1) is 0 Å². The second kappa shape index (κ2) is 4.16. The van der Waals surface area contributed by atoms with E-state index >= 15 is 0 Å². The first-order valence-corrected chi connectivity index (χ1v) is 5.44. The van der Waals surface area contributed by atoms with Crippen molar-refractivity contribution in [3.63, 3.8) is 0 Å². The molecule has 70 valence electrons. The van der Waals surface area contributed by atoms with Gasteiger partial charge in [-0.3, -0.25) is 0 Å². The van der Waals surface area contributed by atoms with Crippen molar-refractivity contribution in [2.24, 2.45) is 0 Å². The van der Waals surface area contributed by atoms with E-state index in [1.165, 1.54) is 11.1 Å². The number of rotatable bonds is 1. The van der Waals surface area contributed by atoms with E-state index in [1.54, 1.807) is 0 Å². The minimum atomic E-state index is 0.767. The maximum atomic E-state index is 5.82. The van der Waals surface area contributed by atoms with Crippen LogP contribution in [0.2, 0.25) is 5.02 Å². The van der Waals surface area contributed by atoms with Crippen LogP contribution < -0.4 is 0 Å². The van der Waals surface area contributed by atoms with Gasteiger partial charge in [-0.2, -0.15) is 0 Å². The third-order valence-corrected chi connectivity index (χ3v) is 2.75. The van der Waals surface area contributed by atoms with Crippen molar-refractivity contribution in [3.05, 3.63) is 58.0 Å². The van der Waals surface area contributed by atoms with E-state index in [2.05, 4.69) is 28.1 Å². The van der Waals surface area contributed by atoms with Crippen molar-refractivity contribution in [2.75, 3.05) is 0 Å². The van der Waals surface area contributed by atoms with Gasteiger partial charge in [0.1, 0.15) is 0 Å². The fraction of sp³-hybridized carbons (Fsp3) is 0. The van der Waals surface area contributed by atoms with Gasteiger partial charge >= 0.3 is 0 Å². The summed E-state index contributed by atoms with van der Waals surface area (Å²) in [6, 6.07) is 16.0. The molecule has 0 N–H and O–H groups in total. The molecule has 0 nitrogen and oxygen atoms in total. The Morgan fingerprint density at radius 3 is 2.21 bits per heavy atom. The largest absolute Gasteiger partial charge is 0.0843 e. The Hall–Kier alpha value is -0.790. The Labute approximate surface area is 96.7 Å². The summed E-state index contributed by atoms with van der Waals surface area (Å²) in [5.41, 5.74) is 2.37. The van der Waals surface area contributed by atoms with Crippen LogP contribution in [-0.4, -0.2) is 0 Å². The summed E-state index contributed by atoms with van der Waals surface area (Å²) < 4.78 is 1.09. The lowest BCUT2D eigenvalue weighted by molar-refractivity contribution is 1.59. The van der Waals surface area contributed by atoms with Gasteiger partial charge in [0.15, 0.2) is 0 Å². The molecule has 0 aliphatic rings. The summed E-state index contributed by atoms with van der Waals surface area (Å²) in [5.74, 6) is 0. The monoisotopic (exact) mass is 266 g/mol. The molecule has 0 saturated heterocycles. The Kier molecular flexibility index (Phi) is 2.90. The first-order valence-electron chi connectivity index (χ1n) is 4.27. The van der Waals surface area contributed by atoms with E-state index in [9.17, 15) is 0 Å². The van der Waals surface area contributed by atoms with Gasteiger partial charge in [0.05, 0.1) is 0 Å². The van der Waals surface area contributed by atoms with Gasteiger partial charge < -0.3 is 0 Å². The highest BCUT2D eigenvalue weighted by molar-refractivity contribution is 9.10. The lowest BCUT2D eigenvalue weighted by Crippen LogP contribution is -1.76. The van der Waals surface area contributed by atoms with Crippen LogP contribution in [0.15, 0.2) is 53.0 Å². The summed E-state index contributed by atoms with van der Waals surface area (Å²) in [7, 11) is 0. The SMILES string of the molecule is Clc1ccc(-c2cccc(Br)c2)cc1. The minimum Gasteiger partial charge on any atom is -0.0843 e. The Balaban J connectivity index is 2.44. The average Bonchev–Trinajstić information content (AvgIpc) is 2.19. The third kappa shape index (κ3) is 2.17. The summed E-state index contributed by atoms with van der Waals surface area (Å²) >= 11 is 9.27. The zero-order valence-electron chi connectivity index (χ0n) is 7.37. The van der Waals surface area contributed by atoms with Crippen LogP contribution >= 0.6 is 27.5 Å². The van der Waals surface area contributed by atoms with Crippen molar-refractivity contribution in [3.8, 4) is 11.1 Å². The van der Waals surface area contributed by atoms with Gasteiger partial charge in [0.2, 0.25) is 0 Å².